The van der Waals surface area contributed by atoms with Gasteiger partial charge in [0.05, 0.1) is 11.1 Å². The average Bonchev–Trinajstić information content (AvgIpc) is 3.37. The monoisotopic (exact) mass is 488 g/mol. The maximum atomic E-state index is 13.8. The van der Waals surface area contributed by atoms with Gasteiger partial charge in [-0.25, -0.2) is 0 Å². The first kappa shape index (κ1) is 23.3. The first-order chi connectivity index (χ1) is 17.1. The molecule has 3 heterocycles. The van der Waals surface area contributed by atoms with Crippen molar-refractivity contribution in [2.24, 2.45) is 0 Å². The molecule has 0 radical (unpaired) electrons. The normalized spacial score (nSPS) is 20.1. The van der Waals surface area contributed by atoms with Gasteiger partial charge >= 0.3 is 0 Å². The van der Waals surface area contributed by atoms with Crippen molar-refractivity contribution >= 4 is 23.0 Å². The molecule has 1 aliphatic heterocycles. The number of aromatic hydroxyl groups is 2. The Kier molecular flexibility index (Phi) is 5.20. The lowest BCUT2D eigenvalue weighted by Crippen LogP contribution is -2.41. The number of rotatable bonds is 5. The van der Waals surface area contributed by atoms with Crippen LogP contribution in [-0.2, 0) is 21.4 Å². The zero-order chi connectivity index (χ0) is 25.9. The van der Waals surface area contributed by atoms with Crippen molar-refractivity contribution in [3.8, 4) is 17.2 Å². The van der Waals surface area contributed by atoms with E-state index in [9.17, 15) is 24.6 Å². The van der Waals surface area contributed by atoms with E-state index in [1.807, 2.05) is 28.8 Å². The fraction of sp³-hybridized carbons (Fsp3) is 0.269. The van der Waals surface area contributed by atoms with Crippen LogP contribution in [0.1, 0.15) is 48.1 Å². The van der Waals surface area contributed by atoms with Crippen molar-refractivity contribution in [2.75, 3.05) is 6.54 Å². The van der Waals surface area contributed by atoms with E-state index < -0.39 is 28.5 Å². The number of pyridine rings is 1. The van der Waals surface area contributed by atoms with Crippen molar-refractivity contribution in [1.82, 2.24) is 19.9 Å². The smallest absolute Gasteiger partial charge is 0.194 e. The summed E-state index contributed by atoms with van der Waals surface area (Å²) in [6.07, 6.45) is 3.55. The van der Waals surface area contributed by atoms with Crippen molar-refractivity contribution in [1.29, 1.82) is 0 Å². The van der Waals surface area contributed by atoms with Gasteiger partial charge in [0.1, 0.15) is 39.8 Å². The Morgan fingerprint density at radius 1 is 1.17 bits per heavy atom. The molecule has 184 valence electrons. The second kappa shape index (κ2) is 8.04. The highest BCUT2D eigenvalue weighted by atomic mass is 16.5. The number of carbonyl (C=O) groups is 3. The summed E-state index contributed by atoms with van der Waals surface area (Å²) >= 11 is 0. The van der Waals surface area contributed by atoms with Gasteiger partial charge in [-0.15, -0.1) is 10.2 Å². The van der Waals surface area contributed by atoms with E-state index in [0.717, 1.165) is 11.5 Å². The van der Waals surface area contributed by atoms with Crippen LogP contribution < -0.4 is 10.1 Å². The van der Waals surface area contributed by atoms with E-state index in [1.165, 1.54) is 26.8 Å². The van der Waals surface area contributed by atoms with E-state index in [1.54, 1.807) is 6.92 Å². The van der Waals surface area contributed by atoms with Crippen LogP contribution in [0.5, 0.6) is 17.2 Å². The minimum absolute atomic E-state index is 0.00165. The Morgan fingerprint density at radius 2 is 1.92 bits per heavy atom. The molecule has 10 nitrogen and oxygen atoms in total. The Bertz CT molecular complexity index is 1560. The summed E-state index contributed by atoms with van der Waals surface area (Å²) in [6, 6.07) is 5.59. The van der Waals surface area contributed by atoms with Crippen LogP contribution in [0.4, 0.5) is 0 Å². The predicted octanol–water partition coefficient (Wildman–Crippen LogP) is 2.44. The molecule has 0 unspecified atom stereocenters. The lowest BCUT2D eigenvalue weighted by Gasteiger charge is -2.29. The summed E-state index contributed by atoms with van der Waals surface area (Å²) in [7, 11) is 0. The van der Waals surface area contributed by atoms with Gasteiger partial charge in [-0.3, -0.25) is 18.8 Å². The Balaban J connectivity index is 1.51. The molecule has 36 heavy (non-hydrogen) atoms. The molecule has 1 aliphatic carbocycles. The molecule has 10 heteroatoms. The number of hydrogen-bond acceptors (Lipinski definition) is 9. The SMILES string of the molecule is CC(=O)c1c(O)c(C)c(O)c2c1OC1=CC(=O)C(=C(C)NCCc3nnc4ccccn34)C(=O)[C@@]12C. The lowest BCUT2D eigenvalue weighted by molar-refractivity contribution is -0.123. The number of benzene rings is 1. The Hall–Kier alpha value is -4.47. The number of phenolic OH excluding ortho intramolecular Hbond substituents is 2. The van der Waals surface area contributed by atoms with Gasteiger partial charge in [-0.2, -0.15) is 0 Å². The number of nitrogens with zero attached hydrogens (tertiary/aromatic N) is 3. The fourth-order valence-corrected chi connectivity index (χ4v) is 4.87. The molecule has 0 fully saturated rings. The van der Waals surface area contributed by atoms with Crippen LogP contribution in [-0.4, -0.2) is 48.7 Å². The molecular formula is C26H24N4O6. The van der Waals surface area contributed by atoms with E-state index in [0.29, 0.717) is 18.7 Å². The molecule has 1 atom stereocenters. The van der Waals surface area contributed by atoms with E-state index in [2.05, 4.69) is 15.5 Å². The standard InChI is InChI=1S/C26H24N4O6/c1-12-22(33)20(14(3)31)24-21(23(12)34)26(4)16(36-24)11-15(32)19(25(26)35)13(2)27-9-8-18-29-28-17-7-5-6-10-30(17)18/h5-7,10-11,27,33-34H,8-9H2,1-4H3/t26-/m0/s1. The third-order valence-corrected chi connectivity index (χ3v) is 6.88. The number of nitrogens with one attached hydrogen (secondary N) is 1. The van der Waals surface area contributed by atoms with Gasteiger partial charge in [0, 0.05) is 36.5 Å². The fourth-order valence-electron chi connectivity index (χ4n) is 4.87. The molecule has 2 aliphatic rings. The quantitative estimate of drug-likeness (QED) is 0.280. The first-order valence-corrected chi connectivity index (χ1v) is 11.4. The molecule has 5 rings (SSSR count). The predicted molar refractivity (Wildman–Crippen MR) is 128 cm³/mol. The zero-order valence-corrected chi connectivity index (χ0v) is 20.2. The average molecular weight is 489 g/mol. The van der Waals surface area contributed by atoms with E-state index in [4.69, 9.17) is 4.74 Å². The van der Waals surface area contributed by atoms with Crippen molar-refractivity contribution in [2.45, 2.75) is 39.5 Å². The van der Waals surface area contributed by atoms with Gasteiger partial charge in [0.25, 0.3) is 0 Å². The molecule has 0 spiro atoms. The number of hydrogen-bond donors (Lipinski definition) is 3. The molecule has 0 bridgehead atoms. The van der Waals surface area contributed by atoms with Gasteiger partial charge in [0.15, 0.2) is 23.0 Å². The Morgan fingerprint density at radius 3 is 2.64 bits per heavy atom. The molecular weight excluding hydrogens is 464 g/mol. The highest BCUT2D eigenvalue weighted by molar-refractivity contribution is 6.31. The highest BCUT2D eigenvalue weighted by Crippen LogP contribution is 2.57. The minimum Gasteiger partial charge on any atom is -0.507 e. The van der Waals surface area contributed by atoms with Gasteiger partial charge in [0.2, 0.25) is 0 Å². The van der Waals surface area contributed by atoms with E-state index in [-0.39, 0.29) is 39.5 Å². The van der Waals surface area contributed by atoms with Gasteiger partial charge in [-0.05, 0) is 39.8 Å². The summed E-state index contributed by atoms with van der Waals surface area (Å²) in [5.74, 6) is -1.78. The van der Waals surface area contributed by atoms with Gasteiger partial charge in [-0.1, -0.05) is 6.07 Å². The summed E-state index contributed by atoms with van der Waals surface area (Å²) in [4.78, 5) is 39.1. The summed E-state index contributed by atoms with van der Waals surface area (Å²) in [6.45, 7) is 6.25. The summed E-state index contributed by atoms with van der Waals surface area (Å²) in [5, 5.41) is 32.8. The van der Waals surface area contributed by atoms with Crippen LogP contribution in [0.15, 0.2) is 47.5 Å². The maximum absolute atomic E-state index is 13.8. The maximum Gasteiger partial charge on any atom is 0.194 e. The third kappa shape index (κ3) is 3.14. The largest absolute Gasteiger partial charge is 0.507 e. The number of ether oxygens (including phenoxy) is 1. The molecule has 2 aromatic heterocycles. The number of fused-ring (bicyclic) bond motifs is 4. The second-order valence-corrected chi connectivity index (χ2v) is 9.11. The zero-order valence-electron chi connectivity index (χ0n) is 20.2. The third-order valence-electron chi connectivity index (χ3n) is 6.88. The second-order valence-electron chi connectivity index (χ2n) is 9.11. The topological polar surface area (TPSA) is 143 Å². The number of ketones is 3. The van der Waals surface area contributed by atoms with Gasteiger partial charge < -0.3 is 20.3 Å². The number of aromatic nitrogens is 3. The van der Waals surface area contributed by atoms with Crippen LogP contribution >= 0.6 is 0 Å². The molecule has 3 aromatic rings. The Labute approximate surface area is 205 Å². The molecule has 0 saturated heterocycles. The van der Waals surface area contributed by atoms with Crippen LogP contribution in [0.2, 0.25) is 0 Å². The van der Waals surface area contributed by atoms with Crippen molar-refractivity contribution in [3.63, 3.8) is 0 Å². The number of Topliss-reactive ketones (excluding diaryl/α,β-unsaturated/α-hetero) is 2. The number of carbonyl (C=O) groups excluding carboxylic acids is 3. The lowest BCUT2D eigenvalue weighted by atomic mass is 9.70. The van der Waals surface area contributed by atoms with Crippen LogP contribution in [0.25, 0.3) is 5.65 Å². The number of phenols is 2. The number of allylic oxidation sites excluding steroid dienone is 4. The van der Waals surface area contributed by atoms with Crippen molar-refractivity contribution in [3.05, 3.63) is 70.0 Å². The highest BCUT2D eigenvalue weighted by Gasteiger charge is 2.56. The minimum atomic E-state index is -1.54. The summed E-state index contributed by atoms with van der Waals surface area (Å²) < 4.78 is 7.64. The molecule has 1 aromatic carbocycles. The van der Waals surface area contributed by atoms with Crippen LogP contribution in [0.3, 0.4) is 0 Å². The van der Waals surface area contributed by atoms with Crippen LogP contribution in [0, 0.1) is 6.92 Å². The van der Waals surface area contributed by atoms with Crippen molar-refractivity contribution < 1.29 is 29.3 Å². The first-order valence-electron chi connectivity index (χ1n) is 11.4. The molecule has 3 N–H and O–H groups in total. The molecule has 0 amide bonds. The summed E-state index contributed by atoms with van der Waals surface area (Å²) in [5.41, 5.74) is -0.557. The van der Waals surface area contributed by atoms with E-state index >= 15 is 0 Å². The molecule has 0 saturated carbocycles.